The summed E-state index contributed by atoms with van der Waals surface area (Å²) in [6.45, 7) is 17.8. The molecule has 0 spiro atoms. The van der Waals surface area contributed by atoms with Crippen molar-refractivity contribution < 1.29 is 13.9 Å². The number of ether oxygens (including phenoxy) is 1. The van der Waals surface area contributed by atoms with Gasteiger partial charge in [-0.05, 0) is 109 Å². The van der Waals surface area contributed by atoms with Crippen molar-refractivity contribution >= 4 is 5.78 Å². The largest absolute Gasteiger partial charge is 0.377 e. The molecule has 6 rings (SSSR count). The molecule has 1 aliphatic heterocycles. The summed E-state index contributed by atoms with van der Waals surface area (Å²) in [5.41, 5.74) is 1.19. The van der Waals surface area contributed by atoms with Gasteiger partial charge in [0, 0.05) is 11.0 Å². The Morgan fingerprint density at radius 1 is 0.853 bits per heavy atom. The number of carbonyl (C=O) groups excluding carboxylic acids is 1. The summed E-state index contributed by atoms with van der Waals surface area (Å²) in [5, 5.41) is 0. The second-order valence-electron chi connectivity index (χ2n) is 15.6. The maximum Gasteiger partial charge on any atom is 0.167 e. The molecule has 1 saturated heterocycles. The number of hydrogen-bond donors (Lipinski definition) is 0. The maximum atomic E-state index is 14.0. The molecule has 0 aromatic carbocycles. The smallest absolute Gasteiger partial charge is 0.167 e. The van der Waals surface area contributed by atoms with Gasteiger partial charge in [0.05, 0.1) is 19.0 Å². The van der Waals surface area contributed by atoms with Crippen molar-refractivity contribution in [3.63, 3.8) is 0 Å². The molecule has 0 N–H and O–H groups in total. The first-order valence-electron chi connectivity index (χ1n) is 14.2. The topological polar surface area (TPSA) is 26.3 Å². The number of halogens is 1. The first-order valence-corrected chi connectivity index (χ1v) is 14.2. The van der Waals surface area contributed by atoms with Gasteiger partial charge in [0.25, 0.3) is 0 Å². The van der Waals surface area contributed by atoms with Crippen LogP contribution in [0.1, 0.15) is 106 Å². The van der Waals surface area contributed by atoms with Crippen LogP contribution in [0.3, 0.4) is 0 Å². The number of allylic oxidation sites excluding steroid dienone is 1. The second-order valence-corrected chi connectivity index (χ2v) is 15.6. The molecule has 6 aliphatic rings. The van der Waals surface area contributed by atoms with E-state index in [2.05, 4.69) is 48.5 Å². The minimum atomic E-state index is -0.471. The van der Waals surface area contributed by atoms with E-state index in [0.717, 1.165) is 18.9 Å². The molecule has 9 atom stereocenters. The van der Waals surface area contributed by atoms with E-state index >= 15 is 0 Å². The molecule has 0 radical (unpaired) electrons. The molecule has 5 saturated carbocycles. The van der Waals surface area contributed by atoms with Crippen molar-refractivity contribution in [3.8, 4) is 0 Å². The van der Waals surface area contributed by atoms with Crippen LogP contribution in [-0.4, -0.2) is 18.5 Å². The number of carbonyl (C=O) groups is 1. The van der Waals surface area contributed by atoms with Gasteiger partial charge < -0.3 is 4.74 Å². The summed E-state index contributed by atoms with van der Waals surface area (Å²) in [5.74, 6) is 2.37. The van der Waals surface area contributed by atoms with Gasteiger partial charge in [-0.15, -0.1) is 0 Å². The van der Waals surface area contributed by atoms with Crippen LogP contribution in [0.2, 0.25) is 0 Å². The third-order valence-electron chi connectivity index (χ3n) is 13.9. The van der Waals surface area contributed by atoms with Gasteiger partial charge in [-0.25, -0.2) is 4.39 Å². The van der Waals surface area contributed by atoms with E-state index in [0.29, 0.717) is 53.0 Å². The van der Waals surface area contributed by atoms with Crippen LogP contribution in [0.25, 0.3) is 0 Å². The van der Waals surface area contributed by atoms with E-state index in [1.54, 1.807) is 0 Å². The SMILES string of the molecule is CC1(C)CC[C@]23CC[C@]4(C)[C@H](CC[C@@H]5[C@@]6(C)C/C(=C/F)C(=O)C(C)(C)[C@@H]6CC[C@]54C)[C@H]2[C@H]1OC3. The van der Waals surface area contributed by atoms with Gasteiger partial charge in [0.15, 0.2) is 5.78 Å². The van der Waals surface area contributed by atoms with E-state index in [1.807, 2.05) is 0 Å². The Morgan fingerprint density at radius 3 is 2.26 bits per heavy atom. The minimum Gasteiger partial charge on any atom is -0.377 e. The molecule has 0 unspecified atom stereocenters. The zero-order chi connectivity index (χ0) is 24.5. The van der Waals surface area contributed by atoms with Crippen molar-refractivity contribution in [2.24, 2.45) is 56.2 Å². The monoisotopic (exact) mass is 470 g/mol. The lowest BCUT2D eigenvalue weighted by molar-refractivity contribution is -0.236. The summed E-state index contributed by atoms with van der Waals surface area (Å²) >= 11 is 0. The average Bonchev–Trinajstić information content (AvgIpc) is 3.10. The van der Waals surface area contributed by atoms with Gasteiger partial charge in [-0.1, -0.05) is 48.5 Å². The van der Waals surface area contributed by atoms with Gasteiger partial charge in [0.1, 0.15) is 0 Å². The zero-order valence-corrected chi connectivity index (χ0v) is 22.7. The first kappa shape index (κ1) is 23.7. The van der Waals surface area contributed by atoms with Crippen molar-refractivity contribution in [1.82, 2.24) is 0 Å². The van der Waals surface area contributed by atoms with E-state index in [9.17, 15) is 9.18 Å². The number of Topliss-reactive ketones (excluding diaryl/α,β-unsaturated/α-hetero) is 1. The highest BCUT2D eigenvalue weighted by molar-refractivity contribution is 6.00. The summed E-state index contributed by atoms with van der Waals surface area (Å²) in [6, 6.07) is 0. The summed E-state index contributed by atoms with van der Waals surface area (Å²) in [4.78, 5) is 13.2. The standard InChI is InChI=1S/C31H47FO2/c1-26(2)12-14-31-15-13-29(6)20(23(31)25(26)34-18-31)8-9-22-28(5)16-19(17-32)24(33)27(3,4)21(28)10-11-30(22,29)7/h17,20-23,25H,8-16,18H2,1-7H3/b19-17-/t20-,21+,22-,23+,25-,28+,29-,30-,31-/m1/s1. The van der Waals surface area contributed by atoms with Crippen molar-refractivity contribution in [2.45, 2.75) is 112 Å². The molecule has 2 nitrogen and oxygen atoms in total. The Bertz CT molecular complexity index is 949. The molecule has 0 aromatic rings. The number of hydrogen-bond acceptors (Lipinski definition) is 2. The zero-order valence-electron chi connectivity index (χ0n) is 22.7. The molecule has 34 heavy (non-hydrogen) atoms. The molecule has 2 bridgehead atoms. The molecule has 6 fully saturated rings. The fourth-order valence-electron chi connectivity index (χ4n) is 11.9. The van der Waals surface area contributed by atoms with Crippen molar-refractivity contribution in [2.75, 3.05) is 6.61 Å². The van der Waals surface area contributed by atoms with E-state index in [-0.39, 0.29) is 22.0 Å². The summed E-state index contributed by atoms with van der Waals surface area (Å²) in [6.07, 6.45) is 11.8. The molecule has 0 aromatic heterocycles. The Balaban J connectivity index is 1.42. The van der Waals surface area contributed by atoms with Gasteiger partial charge in [-0.3, -0.25) is 4.79 Å². The van der Waals surface area contributed by atoms with E-state index < -0.39 is 5.41 Å². The molecule has 0 amide bonds. The fourth-order valence-corrected chi connectivity index (χ4v) is 11.9. The van der Waals surface area contributed by atoms with Gasteiger partial charge >= 0.3 is 0 Å². The Labute approximate surface area is 206 Å². The van der Waals surface area contributed by atoms with E-state index in [1.165, 1.54) is 44.9 Å². The van der Waals surface area contributed by atoms with Crippen molar-refractivity contribution in [3.05, 3.63) is 11.9 Å². The van der Waals surface area contributed by atoms with Crippen LogP contribution >= 0.6 is 0 Å². The van der Waals surface area contributed by atoms with Crippen LogP contribution in [0.5, 0.6) is 0 Å². The van der Waals surface area contributed by atoms with Crippen LogP contribution in [0.15, 0.2) is 11.9 Å². The predicted octanol–water partition coefficient (Wildman–Crippen LogP) is 7.91. The van der Waals surface area contributed by atoms with Crippen LogP contribution in [0.4, 0.5) is 4.39 Å². The fraction of sp³-hybridized carbons (Fsp3) is 0.903. The molecule has 3 heteroatoms. The van der Waals surface area contributed by atoms with E-state index in [4.69, 9.17) is 4.74 Å². The van der Waals surface area contributed by atoms with Crippen LogP contribution in [-0.2, 0) is 9.53 Å². The Hall–Kier alpha value is -0.700. The second kappa shape index (κ2) is 6.78. The normalized spacial score (nSPS) is 56.3. The minimum absolute atomic E-state index is 0.00718. The lowest BCUT2D eigenvalue weighted by Gasteiger charge is -2.73. The Morgan fingerprint density at radius 2 is 1.56 bits per heavy atom. The molecular weight excluding hydrogens is 423 g/mol. The number of rotatable bonds is 0. The molecule has 190 valence electrons. The quantitative estimate of drug-likeness (QED) is 0.336. The van der Waals surface area contributed by atoms with Crippen LogP contribution in [0, 0.1) is 56.2 Å². The lowest BCUT2D eigenvalue weighted by atomic mass is 9.31. The maximum absolute atomic E-state index is 14.0. The number of fused-ring (bicyclic) bond motifs is 5. The average molecular weight is 471 g/mol. The summed E-state index contributed by atoms with van der Waals surface area (Å²) < 4.78 is 20.7. The summed E-state index contributed by atoms with van der Waals surface area (Å²) in [7, 11) is 0. The third-order valence-corrected chi connectivity index (χ3v) is 13.9. The van der Waals surface area contributed by atoms with Crippen molar-refractivity contribution in [1.29, 1.82) is 0 Å². The highest BCUT2D eigenvalue weighted by Crippen LogP contribution is 2.78. The van der Waals surface area contributed by atoms with Crippen LogP contribution < -0.4 is 0 Å². The highest BCUT2D eigenvalue weighted by atomic mass is 19.1. The highest BCUT2D eigenvalue weighted by Gasteiger charge is 2.73. The lowest BCUT2D eigenvalue weighted by Crippen LogP contribution is -2.67. The first-order chi connectivity index (χ1) is 15.8. The Kier molecular flexibility index (Phi) is 4.73. The predicted molar refractivity (Wildman–Crippen MR) is 134 cm³/mol. The third kappa shape index (κ3) is 2.54. The molecule has 5 aliphatic carbocycles. The van der Waals surface area contributed by atoms with Gasteiger partial charge in [0.2, 0.25) is 0 Å². The molecular formula is C31H47FO2. The number of ketones is 1. The molecule has 1 heterocycles. The van der Waals surface area contributed by atoms with Gasteiger partial charge in [-0.2, -0.15) is 0 Å².